The van der Waals surface area contributed by atoms with Gasteiger partial charge in [0.05, 0.1) is 56.9 Å². The van der Waals surface area contributed by atoms with Gasteiger partial charge in [0.15, 0.2) is 0 Å². The zero-order chi connectivity index (χ0) is 60.5. The van der Waals surface area contributed by atoms with E-state index in [4.69, 9.17) is 0 Å². The van der Waals surface area contributed by atoms with E-state index in [1.807, 2.05) is 182 Å². The molecule has 12 heterocycles. The monoisotopic (exact) mass is 1410 g/mol. The van der Waals surface area contributed by atoms with Crippen LogP contribution in [0.2, 0.25) is 0 Å². The van der Waals surface area contributed by atoms with Crippen LogP contribution in [-0.4, -0.2) is 70.2 Å². The van der Waals surface area contributed by atoms with Crippen molar-refractivity contribution in [3.05, 3.63) is 244 Å². The van der Waals surface area contributed by atoms with E-state index in [-0.39, 0.29) is 39.0 Å². The minimum Gasteiger partial charge on any atom is -0.355 e. The quantitative estimate of drug-likeness (QED) is 0.0825. The summed E-state index contributed by atoms with van der Waals surface area (Å²) < 4.78 is 118. The topological polar surface area (TPSA) is 209 Å². The van der Waals surface area contributed by atoms with Gasteiger partial charge in [-0.25, -0.2) is 0 Å². The van der Waals surface area contributed by atoms with Crippen molar-refractivity contribution in [2.45, 2.75) is 0 Å². The number of rotatable bonds is 7. The molecule has 0 fully saturated rings. The number of pyridine rings is 10. The molecule has 0 atom stereocenters. The summed E-state index contributed by atoms with van der Waals surface area (Å²) in [4.78, 5) is 50.4. The molecule has 0 unspecified atom stereocenters. The fourth-order valence-electron chi connectivity index (χ4n) is 5.99. The zero-order valence-electron chi connectivity index (χ0n) is 43.4. The normalized spacial score (nSPS) is 11.9. The molecule has 0 aliphatic rings. The molecule has 12 aromatic heterocycles. The summed E-state index contributed by atoms with van der Waals surface area (Å²) in [6, 6.07) is 57.4. The van der Waals surface area contributed by atoms with E-state index in [1.165, 1.54) is 0 Å². The van der Waals surface area contributed by atoms with Gasteiger partial charge in [0.1, 0.15) is 0 Å². The first kappa shape index (κ1) is 69.5. The molecule has 0 spiro atoms. The van der Waals surface area contributed by atoms with Crippen LogP contribution in [0.15, 0.2) is 244 Å². The molecular formula is C54H40F12N16P2Ru2. The third-order valence-electron chi connectivity index (χ3n) is 9.26. The molecule has 0 saturated heterocycles. The predicted octanol–water partition coefficient (Wildman–Crippen LogP) is 16.3. The Morgan fingerprint density at radius 2 is 0.326 bits per heavy atom. The van der Waals surface area contributed by atoms with Crippen LogP contribution in [-0.2, 0) is 39.0 Å². The molecule has 446 valence electrons. The molecule has 0 N–H and O–H groups in total. The van der Waals surface area contributed by atoms with Gasteiger partial charge in [0.2, 0.25) is 0 Å². The number of aromatic nitrogens is 16. The summed E-state index contributed by atoms with van der Waals surface area (Å²) in [6.07, 6.45) is 17.5. The number of hydrogen-bond acceptors (Lipinski definition) is 14. The smallest absolute Gasteiger partial charge is 0.355 e. The fraction of sp³-hybridized carbons (Fsp3) is 0. The van der Waals surface area contributed by atoms with E-state index in [0.717, 1.165) is 45.6 Å². The van der Waals surface area contributed by atoms with E-state index >= 15 is 0 Å². The van der Waals surface area contributed by atoms with Crippen LogP contribution in [0.4, 0.5) is 50.4 Å². The summed E-state index contributed by atoms with van der Waals surface area (Å²) in [7, 11) is -21.3. The molecule has 0 amide bonds. The molecule has 0 aliphatic carbocycles. The van der Waals surface area contributed by atoms with Crippen molar-refractivity contribution in [1.82, 2.24) is 80.2 Å². The summed E-state index contributed by atoms with van der Waals surface area (Å²) in [5, 5.41) is 16.0. The van der Waals surface area contributed by atoms with E-state index in [2.05, 4.69) is 80.2 Å². The second-order valence-electron chi connectivity index (χ2n) is 16.0. The van der Waals surface area contributed by atoms with Gasteiger partial charge >= 0.3 is 105 Å². The molecule has 0 saturated carbocycles. The Kier molecular flexibility index (Phi) is 24.4. The second-order valence-corrected chi connectivity index (χ2v) is 19.8. The molecule has 12 aromatic rings. The van der Waals surface area contributed by atoms with Crippen molar-refractivity contribution in [3.8, 4) is 80.2 Å². The van der Waals surface area contributed by atoms with Crippen molar-refractivity contribution < 1.29 is 89.3 Å². The van der Waals surface area contributed by atoms with Crippen molar-refractivity contribution in [2.24, 2.45) is 0 Å². The third-order valence-corrected chi connectivity index (χ3v) is 9.26. The first-order valence-corrected chi connectivity index (χ1v) is 27.7. The summed E-state index contributed by atoms with van der Waals surface area (Å²) in [5.41, 5.74) is 8.61. The van der Waals surface area contributed by atoms with Crippen molar-refractivity contribution >= 4 is 15.6 Å². The summed E-state index contributed by atoms with van der Waals surface area (Å²) in [5.74, 6) is 1.49. The van der Waals surface area contributed by atoms with E-state index in [1.54, 1.807) is 62.0 Å². The Hall–Kier alpha value is -8.95. The molecule has 0 aliphatic heterocycles. The average molecular weight is 1410 g/mol. The molecule has 12 rings (SSSR count). The summed E-state index contributed by atoms with van der Waals surface area (Å²) >= 11 is 0. The standard InChI is InChI=1S/C14H8N8.4C10H8N2.2F6P.2Ru/c1-3-7-15-9(5-1)11-17-13(21-19-11)14-18-12(20-22-14)10-6-2-4-8-16-10;4*1-3-7-11-9(5-1)10-6-2-4-8-12-10;2*1-7(2,3,4,5)6;;/h1-8H;4*1-8H;;;;/q-2;;;;;2*-1;2*+2. The van der Waals surface area contributed by atoms with Crippen LogP contribution >= 0.6 is 15.6 Å². The largest absolute Gasteiger partial charge is 2.00 e. The van der Waals surface area contributed by atoms with Gasteiger partial charge in [0.25, 0.3) is 0 Å². The maximum Gasteiger partial charge on any atom is 2.00 e. The third kappa shape index (κ3) is 30.0. The van der Waals surface area contributed by atoms with Crippen molar-refractivity contribution in [3.63, 3.8) is 0 Å². The van der Waals surface area contributed by atoms with Crippen LogP contribution in [0.25, 0.3) is 80.2 Å². The SMILES string of the molecule is F[P-](F)(F)(F)(F)F.F[P-](F)(F)(F)(F)F.[Ru+2].[Ru+2].c1ccc(-c2ccccn2)nc1.c1ccc(-c2ccccn2)nc1.c1ccc(-c2ccccn2)nc1.c1ccc(-c2ccccn2)nc1.c1ccc(-c2nnc(-c3nnc(-c4ccccn4)[n-]3)[n-]2)nc1. The average Bonchev–Trinajstić information content (AvgIpc) is 3.85. The number of nitrogens with zero attached hydrogens (tertiary/aromatic N) is 16. The Balaban J connectivity index is 0.000000222. The van der Waals surface area contributed by atoms with E-state index < -0.39 is 15.6 Å². The first-order valence-electron chi connectivity index (χ1n) is 23.7. The van der Waals surface area contributed by atoms with Crippen LogP contribution in [0, 0.1) is 0 Å². The Labute approximate surface area is 506 Å². The van der Waals surface area contributed by atoms with Crippen LogP contribution in [0.3, 0.4) is 0 Å². The van der Waals surface area contributed by atoms with Crippen LogP contribution in [0.5, 0.6) is 0 Å². The summed E-state index contributed by atoms with van der Waals surface area (Å²) in [6.45, 7) is 0. The minimum absolute atomic E-state index is 0. The van der Waals surface area contributed by atoms with Gasteiger partial charge in [-0.15, -0.1) is 0 Å². The van der Waals surface area contributed by atoms with Gasteiger partial charge in [-0.3, -0.25) is 49.8 Å². The number of halogens is 12. The molecule has 0 radical (unpaired) electrons. The van der Waals surface area contributed by atoms with Gasteiger partial charge in [0, 0.05) is 85.3 Å². The van der Waals surface area contributed by atoms with Crippen LogP contribution in [0.1, 0.15) is 0 Å². The maximum atomic E-state index is 9.87. The number of hydrogen-bond donors (Lipinski definition) is 0. The zero-order valence-corrected chi connectivity index (χ0v) is 48.7. The Morgan fingerprint density at radius 3 is 0.453 bits per heavy atom. The van der Waals surface area contributed by atoms with Gasteiger partial charge in [-0.2, -0.15) is 0 Å². The Bertz CT molecular complexity index is 3240. The maximum absolute atomic E-state index is 10.7. The van der Waals surface area contributed by atoms with Crippen LogP contribution < -0.4 is 9.97 Å². The van der Waals surface area contributed by atoms with Crippen molar-refractivity contribution in [1.29, 1.82) is 0 Å². The van der Waals surface area contributed by atoms with E-state index in [0.29, 0.717) is 34.7 Å². The minimum atomic E-state index is -10.7. The molecular weight excluding hydrogens is 1360 g/mol. The second kappa shape index (κ2) is 30.2. The molecule has 0 aromatic carbocycles. The first-order chi connectivity index (χ1) is 39.7. The molecule has 16 nitrogen and oxygen atoms in total. The van der Waals surface area contributed by atoms with Gasteiger partial charge < -0.3 is 30.4 Å². The van der Waals surface area contributed by atoms with Crippen molar-refractivity contribution in [2.75, 3.05) is 0 Å². The molecule has 0 bridgehead atoms. The Morgan fingerprint density at radius 1 is 0.198 bits per heavy atom. The van der Waals surface area contributed by atoms with Gasteiger partial charge in [-0.05, 0) is 121 Å². The fourth-order valence-corrected chi connectivity index (χ4v) is 5.99. The molecule has 86 heavy (non-hydrogen) atoms. The van der Waals surface area contributed by atoms with Gasteiger partial charge in [-0.1, -0.05) is 60.7 Å². The molecule has 32 heteroatoms. The van der Waals surface area contributed by atoms with E-state index in [9.17, 15) is 50.4 Å². The predicted molar refractivity (Wildman–Crippen MR) is 293 cm³/mol.